The lowest BCUT2D eigenvalue weighted by molar-refractivity contribution is -0.129. The van der Waals surface area contributed by atoms with E-state index in [1.54, 1.807) is 6.08 Å². The van der Waals surface area contributed by atoms with Gasteiger partial charge in [0.1, 0.15) is 0 Å². The number of benzene rings is 1. The molecule has 0 atom stereocenters. The number of nitrogens with one attached hydrogen (secondary N) is 4. The SMILES string of the molecule is O=C(C=Cc1ccccc1)NC(=S)NNC(=O)CNC(=O)C1CCCCC1. The molecule has 0 heterocycles. The van der Waals surface area contributed by atoms with Crippen molar-refractivity contribution in [2.75, 3.05) is 6.54 Å². The number of hydrogen-bond donors (Lipinski definition) is 4. The van der Waals surface area contributed by atoms with Crippen molar-refractivity contribution in [1.29, 1.82) is 0 Å². The highest BCUT2D eigenvalue weighted by atomic mass is 32.1. The zero-order chi connectivity index (χ0) is 19.5. The lowest BCUT2D eigenvalue weighted by Crippen LogP contribution is -2.51. The quantitative estimate of drug-likeness (QED) is 0.347. The van der Waals surface area contributed by atoms with Crippen molar-refractivity contribution >= 4 is 41.1 Å². The summed E-state index contributed by atoms with van der Waals surface area (Å²) in [4.78, 5) is 35.5. The van der Waals surface area contributed by atoms with E-state index in [2.05, 4.69) is 21.5 Å². The number of thiocarbonyl (C=S) groups is 1. The van der Waals surface area contributed by atoms with E-state index in [4.69, 9.17) is 12.2 Å². The first kappa shape index (κ1) is 20.6. The Hall–Kier alpha value is -2.74. The standard InChI is InChI=1S/C19H24N4O3S/c24-16(12-11-14-7-3-1-4-8-14)21-19(27)23-22-17(25)13-20-18(26)15-9-5-2-6-10-15/h1,3-4,7-8,11-12,15H,2,5-6,9-10,13H2,(H,20,26)(H,22,25)(H2,21,23,24,27). The van der Waals surface area contributed by atoms with Gasteiger partial charge in [0.05, 0.1) is 6.54 Å². The van der Waals surface area contributed by atoms with Crippen LogP contribution >= 0.6 is 12.2 Å². The summed E-state index contributed by atoms with van der Waals surface area (Å²) in [7, 11) is 0. The Labute approximate surface area is 163 Å². The maximum atomic E-state index is 12.0. The summed E-state index contributed by atoms with van der Waals surface area (Å²) < 4.78 is 0. The van der Waals surface area contributed by atoms with Crippen molar-refractivity contribution < 1.29 is 14.4 Å². The molecule has 0 aromatic heterocycles. The van der Waals surface area contributed by atoms with Crippen LogP contribution in [0.3, 0.4) is 0 Å². The first-order valence-corrected chi connectivity index (χ1v) is 9.36. The number of amides is 3. The third kappa shape index (κ3) is 8.00. The van der Waals surface area contributed by atoms with Crippen molar-refractivity contribution in [1.82, 2.24) is 21.5 Å². The van der Waals surface area contributed by atoms with E-state index in [0.29, 0.717) is 0 Å². The molecule has 27 heavy (non-hydrogen) atoms. The average Bonchev–Trinajstić information content (AvgIpc) is 2.70. The van der Waals surface area contributed by atoms with Gasteiger partial charge in [-0.15, -0.1) is 0 Å². The lowest BCUT2D eigenvalue weighted by Gasteiger charge is -2.20. The van der Waals surface area contributed by atoms with Crippen molar-refractivity contribution in [3.63, 3.8) is 0 Å². The molecule has 0 spiro atoms. The second-order valence-corrected chi connectivity index (χ2v) is 6.70. The van der Waals surface area contributed by atoms with Gasteiger partial charge in [0.2, 0.25) is 11.8 Å². The van der Waals surface area contributed by atoms with Gasteiger partial charge in [-0.1, -0.05) is 49.6 Å². The molecule has 4 N–H and O–H groups in total. The Bertz CT molecular complexity index is 700. The van der Waals surface area contributed by atoms with Gasteiger partial charge >= 0.3 is 0 Å². The summed E-state index contributed by atoms with van der Waals surface area (Å²) in [6, 6.07) is 9.35. The molecule has 1 saturated carbocycles. The average molecular weight is 388 g/mol. The Morgan fingerprint density at radius 1 is 1.04 bits per heavy atom. The van der Waals surface area contributed by atoms with Gasteiger partial charge < -0.3 is 5.32 Å². The van der Waals surface area contributed by atoms with Gasteiger partial charge in [0.25, 0.3) is 5.91 Å². The molecule has 1 aliphatic carbocycles. The van der Waals surface area contributed by atoms with Crippen molar-refractivity contribution in [3.8, 4) is 0 Å². The zero-order valence-electron chi connectivity index (χ0n) is 15.0. The van der Waals surface area contributed by atoms with Crippen LogP contribution in [0.15, 0.2) is 36.4 Å². The van der Waals surface area contributed by atoms with E-state index in [1.165, 1.54) is 6.08 Å². The Kier molecular flexibility index (Phi) is 8.44. The molecule has 0 radical (unpaired) electrons. The van der Waals surface area contributed by atoms with E-state index >= 15 is 0 Å². The maximum Gasteiger partial charge on any atom is 0.257 e. The fourth-order valence-electron chi connectivity index (χ4n) is 2.77. The van der Waals surface area contributed by atoms with Crippen LogP contribution in [0.1, 0.15) is 37.7 Å². The number of carbonyl (C=O) groups is 3. The number of rotatable bonds is 5. The molecule has 0 saturated heterocycles. The van der Waals surface area contributed by atoms with Crippen LogP contribution in [0.4, 0.5) is 0 Å². The number of hydrogen-bond acceptors (Lipinski definition) is 4. The van der Waals surface area contributed by atoms with Crippen molar-refractivity contribution in [3.05, 3.63) is 42.0 Å². The second-order valence-electron chi connectivity index (χ2n) is 6.29. The smallest absolute Gasteiger partial charge is 0.257 e. The summed E-state index contributed by atoms with van der Waals surface area (Å²) >= 11 is 4.94. The van der Waals surface area contributed by atoms with Crippen LogP contribution < -0.4 is 21.5 Å². The Balaban J connectivity index is 1.62. The summed E-state index contributed by atoms with van der Waals surface area (Å²) in [5.74, 6) is -0.963. The van der Waals surface area contributed by atoms with Gasteiger partial charge in [-0.05, 0) is 36.7 Å². The molecule has 2 rings (SSSR count). The maximum absolute atomic E-state index is 12.0. The second kappa shape index (κ2) is 11.1. The van der Waals surface area contributed by atoms with Crippen molar-refractivity contribution in [2.24, 2.45) is 5.92 Å². The molecule has 7 nitrogen and oxygen atoms in total. The molecule has 0 bridgehead atoms. The summed E-state index contributed by atoms with van der Waals surface area (Å²) in [6.45, 7) is -0.146. The van der Waals surface area contributed by atoms with E-state index in [1.807, 2.05) is 30.3 Å². The van der Waals surface area contributed by atoms with Crippen LogP contribution in [-0.4, -0.2) is 29.4 Å². The zero-order valence-corrected chi connectivity index (χ0v) is 15.8. The molecular formula is C19H24N4O3S. The van der Waals surface area contributed by atoms with Crippen molar-refractivity contribution in [2.45, 2.75) is 32.1 Å². The molecule has 0 aliphatic heterocycles. The van der Waals surface area contributed by atoms with E-state index in [0.717, 1.165) is 37.7 Å². The molecule has 144 valence electrons. The van der Waals surface area contributed by atoms with Gasteiger partial charge in [-0.3, -0.25) is 30.6 Å². The molecule has 1 aromatic rings. The fraction of sp³-hybridized carbons (Fsp3) is 0.368. The molecule has 1 aliphatic rings. The highest BCUT2D eigenvalue weighted by Gasteiger charge is 2.21. The molecule has 8 heteroatoms. The van der Waals surface area contributed by atoms with Gasteiger partial charge in [0, 0.05) is 12.0 Å². The largest absolute Gasteiger partial charge is 0.347 e. The molecule has 0 unspecified atom stereocenters. The lowest BCUT2D eigenvalue weighted by atomic mass is 9.89. The minimum Gasteiger partial charge on any atom is -0.347 e. The number of carbonyl (C=O) groups excluding carboxylic acids is 3. The minimum absolute atomic E-state index is 0.00345. The normalized spacial score (nSPS) is 14.4. The molecule has 3 amide bonds. The Morgan fingerprint density at radius 2 is 1.74 bits per heavy atom. The summed E-state index contributed by atoms with van der Waals surface area (Å²) in [6.07, 6.45) is 8.01. The molecule has 1 aromatic carbocycles. The predicted octanol–water partition coefficient (Wildman–Crippen LogP) is 1.42. The summed E-state index contributed by atoms with van der Waals surface area (Å²) in [5, 5.41) is 5.00. The third-order valence-electron chi connectivity index (χ3n) is 4.18. The van der Waals surface area contributed by atoms with Gasteiger partial charge in [-0.2, -0.15) is 0 Å². The summed E-state index contributed by atoms with van der Waals surface area (Å²) in [5.41, 5.74) is 5.65. The van der Waals surface area contributed by atoms with Crippen LogP contribution in [0.2, 0.25) is 0 Å². The van der Waals surface area contributed by atoms with Gasteiger partial charge in [0.15, 0.2) is 5.11 Å². The van der Waals surface area contributed by atoms with E-state index in [-0.39, 0.29) is 23.5 Å². The topological polar surface area (TPSA) is 99.3 Å². The third-order valence-corrected chi connectivity index (χ3v) is 4.38. The van der Waals surface area contributed by atoms with Crippen LogP contribution in [0.25, 0.3) is 6.08 Å². The van der Waals surface area contributed by atoms with Crippen LogP contribution in [0.5, 0.6) is 0 Å². The highest BCUT2D eigenvalue weighted by molar-refractivity contribution is 7.80. The fourth-order valence-corrected chi connectivity index (χ4v) is 2.92. The molecule has 1 fully saturated rings. The number of hydrazine groups is 1. The monoisotopic (exact) mass is 388 g/mol. The minimum atomic E-state index is -0.449. The van der Waals surface area contributed by atoms with E-state index < -0.39 is 11.8 Å². The van der Waals surface area contributed by atoms with Crippen LogP contribution in [0, 0.1) is 5.92 Å². The van der Waals surface area contributed by atoms with Gasteiger partial charge in [-0.25, -0.2) is 0 Å². The first-order chi connectivity index (χ1) is 13.0. The van der Waals surface area contributed by atoms with E-state index in [9.17, 15) is 14.4 Å². The molecular weight excluding hydrogens is 364 g/mol. The first-order valence-electron chi connectivity index (χ1n) is 8.95. The predicted molar refractivity (Wildman–Crippen MR) is 107 cm³/mol. The Morgan fingerprint density at radius 3 is 2.44 bits per heavy atom. The highest BCUT2D eigenvalue weighted by Crippen LogP contribution is 2.23. The van der Waals surface area contributed by atoms with Crippen LogP contribution in [-0.2, 0) is 14.4 Å².